The molecule has 1 heterocycles. The number of amides is 1. The Labute approximate surface area is 110 Å². The van der Waals surface area contributed by atoms with E-state index in [9.17, 15) is 15.0 Å². The van der Waals surface area contributed by atoms with Crippen molar-refractivity contribution in [3.8, 4) is 6.07 Å². The van der Waals surface area contributed by atoms with Gasteiger partial charge in [0.25, 0.3) is 0 Å². The maximum Gasteiger partial charge on any atom is 0.216 e. The van der Waals surface area contributed by atoms with Crippen molar-refractivity contribution in [3.63, 3.8) is 0 Å². The number of hydrogen-bond acceptors (Lipinski definition) is 6. The minimum atomic E-state index is -1.19. The van der Waals surface area contributed by atoms with Gasteiger partial charge >= 0.3 is 0 Å². The molecule has 1 aromatic rings. The molecule has 1 aromatic heterocycles. The number of carbonyl (C=O) groups is 1. The first-order valence-corrected chi connectivity index (χ1v) is 5.71. The van der Waals surface area contributed by atoms with Gasteiger partial charge in [-0.25, -0.2) is 4.98 Å². The number of carbonyl (C=O) groups excluding carboxylic acids is 1. The second kappa shape index (κ2) is 6.68. The molecule has 0 aliphatic carbocycles. The number of nitrogen functional groups attached to an aromatic ring is 1. The van der Waals surface area contributed by atoms with E-state index in [1.54, 1.807) is 0 Å². The zero-order chi connectivity index (χ0) is 14.4. The molecule has 19 heavy (non-hydrogen) atoms. The van der Waals surface area contributed by atoms with Crippen molar-refractivity contribution in [2.75, 3.05) is 12.3 Å². The van der Waals surface area contributed by atoms with Gasteiger partial charge in [-0.15, -0.1) is 0 Å². The zero-order valence-electron chi connectivity index (χ0n) is 10.5. The molecule has 7 heteroatoms. The van der Waals surface area contributed by atoms with Crippen LogP contribution in [0, 0.1) is 11.3 Å². The van der Waals surface area contributed by atoms with E-state index in [0.29, 0.717) is 5.56 Å². The van der Waals surface area contributed by atoms with Gasteiger partial charge < -0.3 is 21.3 Å². The Morgan fingerprint density at radius 3 is 2.89 bits per heavy atom. The Bertz CT molecular complexity index is 498. The summed E-state index contributed by atoms with van der Waals surface area (Å²) in [5.41, 5.74) is 5.92. The molecular formula is C12H16N4O3. The molecule has 1 amide bonds. The summed E-state index contributed by atoms with van der Waals surface area (Å²) in [6, 6.07) is 3.23. The fourth-order valence-corrected chi connectivity index (χ4v) is 1.52. The van der Waals surface area contributed by atoms with Crippen molar-refractivity contribution >= 4 is 11.7 Å². The summed E-state index contributed by atoms with van der Waals surface area (Å²) in [7, 11) is 0. The number of nitrogens with zero attached hydrogens (tertiary/aromatic N) is 2. The second-order valence-corrected chi connectivity index (χ2v) is 4.10. The van der Waals surface area contributed by atoms with E-state index in [4.69, 9.17) is 11.0 Å². The molecule has 2 unspecified atom stereocenters. The lowest BCUT2D eigenvalue weighted by atomic mass is 10.0. The number of nitrogens with two attached hydrogens (primary N) is 1. The summed E-state index contributed by atoms with van der Waals surface area (Å²) in [4.78, 5) is 14.4. The third-order valence-corrected chi connectivity index (χ3v) is 2.58. The lowest BCUT2D eigenvalue weighted by Crippen LogP contribution is -2.27. The van der Waals surface area contributed by atoms with E-state index in [0.717, 1.165) is 0 Å². The largest absolute Gasteiger partial charge is 0.390 e. The van der Waals surface area contributed by atoms with Gasteiger partial charge in [0.15, 0.2) is 0 Å². The van der Waals surface area contributed by atoms with Gasteiger partial charge in [-0.05, 0) is 12.5 Å². The number of pyridine rings is 1. The second-order valence-electron chi connectivity index (χ2n) is 4.10. The molecule has 0 bridgehead atoms. The van der Waals surface area contributed by atoms with E-state index < -0.39 is 12.2 Å². The van der Waals surface area contributed by atoms with Crippen LogP contribution in [0.15, 0.2) is 12.3 Å². The quantitative estimate of drug-likeness (QED) is 0.564. The fraction of sp³-hybridized carbons (Fsp3) is 0.417. The summed E-state index contributed by atoms with van der Waals surface area (Å²) in [6.45, 7) is 1.62. The number of aliphatic hydroxyl groups excluding tert-OH is 2. The first kappa shape index (κ1) is 14.9. The van der Waals surface area contributed by atoms with E-state index in [1.165, 1.54) is 19.2 Å². The van der Waals surface area contributed by atoms with Gasteiger partial charge in [-0.3, -0.25) is 4.79 Å². The molecular weight excluding hydrogens is 248 g/mol. The van der Waals surface area contributed by atoms with Crippen molar-refractivity contribution in [3.05, 3.63) is 23.4 Å². The summed E-state index contributed by atoms with van der Waals surface area (Å²) in [5, 5.41) is 31.0. The normalized spacial score (nSPS) is 13.4. The smallest absolute Gasteiger partial charge is 0.216 e. The van der Waals surface area contributed by atoms with Crippen LogP contribution in [0.3, 0.4) is 0 Å². The number of nitriles is 1. The van der Waals surface area contributed by atoms with Crippen LogP contribution in [-0.2, 0) is 4.79 Å². The number of hydrogen-bond donors (Lipinski definition) is 4. The van der Waals surface area contributed by atoms with Gasteiger partial charge in [-0.2, -0.15) is 5.26 Å². The lowest BCUT2D eigenvalue weighted by molar-refractivity contribution is -0.119. The highest BCUT2D eigenvalue weighted by atomic mass is 16.3. The van der Waals surface area contributed by atoms with E-state index >= 15 is 0 Å². The Morgan fingerprint density at radius 1 is 1.63 bits per heavy atom. The number of aromatic nitrogens is 1. The Morgan fingerprint density at radius 2 is 2.32 bits per heavy atom. The molecule has 1 rings (SSSR count). The molecule has 2 atom stereocenters. The molecule has 0 aromatic carbocycles. The number of nitrogens with one attached hydrogen (secondary N) is 1. The Hall–Kier alpha value is -2.17. The minimum absolute atomic E-state index is 0.0752. The monoisotopic (exact) mass is 264 g/mol. The molecule has 0 radical (unpaired) electrons. The van der Waals surface area contributed by atoms with Crippen LogP contribution in [0.1, 0.15) is 30.6 Å². The van der Waals surface area contributed by atoms with E-state index in [-0.39, 0.29) is 30.3 Å². The lowest BCUT2D eigenvalue weighted by Gasteiger charge is -2.18. The topological polar surface area (TPSA) is 132 Å². The van der Waals surface area contributed by atoms with Crippen LogP contribution in [0.4, 0.5) is 5.82 Å². The SMILES string of the molecule is CC(=O)NCCC(O)C(O)c1cnc(N)c(C#N)c1. The van der Waals surface area contributed by atoms with Crippen molar-refractivity contribution < 1.29 is 15.0 Å². The maximum atomic E-state index is 10.7. The molecule has 5 N–H and O–H groups in total. The first-order valence-electron chi connectivity index (χ1n) is 5.71. The van der Waals surface area contributed by atoms with Crippen LogP contribution in [-0.4, -0.2) is 33.8 Å². The Kier molecular flexibility index (Phi) is 5.23. The maximum absolute atomic E-state index is 10.7. The third-order valence-electron chi connectivity index (χ3n) is 2.58. The highest BCUT2D eigenvalue weighted by molar-refractivity contribution is 5.72. The molecule has 7 nitrogen and oxygen atoms in total. The fourth-order valence-electron chi connectivity index (χ4n) is 1.52. The van der Waals surface area contributed by atoms with Gasteiger partial charge in [0, 0.05) is 25.2 Å². The highest BCUT2D eigenvalue weighted by Crippen LogP contribution is 2.20. The average Bonchev–Trinajstić information content (AvgIpc) is 2.38. The van der Waals surface area contributed by atoms with Crippen molar-refractivity contribution in [2.45, 2.75) is 25.6 Å². The summed E-state index contributed by atoms with van der Waals surface area (Å²) >= 11 is 0. The van der Waals surface area contributed by atoms with Gasteiger partial charge in [0.1, 0.15) is 18.0 Å². The molecule has 0 aliphatic rings. The van der Waals surface area contributed by atoms with Crippen molar-refractivity contribution in [1.82, 2.24) is 10.3 Å². The van der Waals surface area contributed by atoms with Crippen molar-refractivity contribution in [1.29, 1.82) is 5.26 Å². The highest BCUT2D eigenvalue weighted by Gasteiger charge is 2.19. The third kappa shape index (κ3) is 4.21. The molecule has 0 fully saturated rings. The van der Waals surface area contributed by atoms with Crippen molar-refractivity contribution in [2.24, 2.45) is 0 Å². The van der Waals surface area contributed by atoms with Gasteiger partial charge in [0.05, 0.1) is 11.7 Å². The number of aliphatic hydroxyl groups is 2. The molecule has 0 spiro atoms. The predicted molar refractivity (Wildman–Crippen MR) is 67.6 cm³/mol. The van der Waals surface area contributed by atoms with Crippen LogP contribution in [0.2, 0.25) is 0 Å². The molecule has 0 aliphatic heterocycles. The predicted octanol–water partition coefficient (Wildman–Crippen LogP) is -0.544. The van der Waals surface area contributed by atoms with Crippen LogP contribution in [0.25, 0.3) is 0 Å². The standard InChI is InChI=1S/C12H16N4O3/c1-7(17)15-3-2-10(18)11(19)9-4-8(5-13)12(14)16-6-9/h4,6,10-11,18-19H,2-3H2,1H3,(H2,14,16)(H,15,17). The average molecular weight is 264 g/mol. The summed E-state index contributed by atoms with van der Waals surface area (Å²) < 4.78 is 0. The van der Waals surface area contributed by atoms with Crippen LogP contribution in [0.5, 0.6) is 0 Å². The zero-order valence-corrected chi connectivity index (χ0v) is 10.5. The molecule has 0 saturated carbocycles. The summed E-state index contributed by atoms with van der Waals surface area (Å²) in [6.07, 6.45) is -0.757. The van der Waals surface area contributed by atoms with E-state index in [1.807, 2.05) is 6.07 Å². The minimum Gasteiger partial charge on any atom is -0.390 e. The molecule has 0 saturated heterocycles. The van der Waals surface area contributed by atoms with Gasteiger partial charge in [0.2, 0.25) is 5.91 Å². The Balaban J connectivity index is 2.69. The number of anilines is 1. The van der Waals surface area contributed by atoms with Crippen LogP contribution < -0.4 is 11.1 Å². The van der Waals surface area contributed by atoms with Gasteiger partial charge in [-0.1, -0.05) is 0 Å². The number of rotatable bonds is 5. The molecule has 102 valence electrons. The summed E-state index contributed by atoms with van der Waals surface area (Å²) in [5.74, 6) is -0.131. The van der Waals surface area contributed by atoms with E-state index in [2.05, 4.69) is 10.3 Å². The van der Waals surface area contributed by atoms with Crippen LogP contribution >= 0.6 is 0 Å². The first-order chi connectivity index (χ1) is 8.95.